The summed E-state index contributed by atoms with van der Waals surface area (Å²) in [5, 5.41) is 3.05. The van der Waals surface area contributed by atoms with Crippen molar-refractivity contribution in [2.75, 3.05) is 24.3 Å². The van der Waals surface area contributed by atoms with E-state index in [2.05, 4.69) is 46.5 Å². The van der Waals surface area contributed by atoms with Gasteiger partial charge in [0.05, 0.1) is 0 Å². The zero-order valence-corrected chi connectivity index (χ0v) is 10.2. The third kappa shape index (κ3) is 2.97. The van der Waals surface area contributed by atoms with Crippen LogP contribution in [-0.2, 0) is 6.54 Å². The molecule has 3 nitrogen and oxygen atoms in total. The van der Waals surface area contributed by atoms with Crippen molar-refractivity contribution in [3.8, 4) is 0 Å². The quantitative estimate of drug-likeness (QED) is 0.870. The minimum Gasteiger partial charge on any atom is -0.373 e. The Hall–Kier alpha value is -2.03. The van der Waals surface area contributed by atoms with Gasteiger partial charge in [-0.05, 0) is 17.7 Å². The van der Waals surface area contributed by atoms with Crippen LogP contribution in [0.4, 0.5) is 11.6 Å². The van der Waals surface area contributed by atoms with E-state index in [0.29, 0.717) is 0 Å². The molecule has 2 aromatic rings. The van der Waals surface area contributed by atoms with Crippen LogP contribution in [0.3, 0.4) is 0 Å². The summed E-state index contributed by atoms with van der Waals surface area (Å²) in [6.45, 7) is 0.862. The average Bonchev–Trinajstić information content (AvgIpc) is 2.40. The molecule has 2 rings (SSSR count). The summed E-state index contributed by atoms with van der Waals surface area (Å²) in [7, 11) is 3.93. The van der Waals surface area contributed by atoms with Crippen LogP contribution < -0.4 is 10.2 Å². The Balaban J connectivity index is 2.11. The van der Waals surface area contributed by atoms with E-state index >= 15 is 0 Å². The Morgan fingerprint density at radius 2 is 1.82 bits per heavy atom. The number of benzene rings is 1. The number of pyridine rings is 1. The van der Waals surface area contributed by atoms with Crippen molar-refractivity contribution in [2.24, 2.45) is 0 Å². The van der Waals surface area contributed by atoms with Crippen molar-refractivity contribution < 1.29 is 0 Å². The van der Waals surface area contributed by atoms with Gasteiger partial charge in [0.15, 0.2) is 0 Å². The first-order valence-corrected chi connectivity index (χ1v) is 5.69. The number of rotatable bonds is 4. The largest absolute Gasteiger partial charge is 0.373 e. The number of nitrogens with zero attached hydrogens (tertiary/aromatic N) is 2. The minimum atomic E-state index is 0.862. The molecule has 1 aromatic carbocycles. The minimum absolute atomic E-state index is 0.862. The summed E-state index contributed by atoms with van der Waals surface area (Å²) in [5.41, 5.74) is 1.28. The average molecular weight is 227 g/mol. The van der Waals surface area contributed by atoms with E-state index in [1.807, 2.05) is 31.3 Å². The molecule has 0 aliphatic rings. The number of anilines is 2. The van der Waals surface area contributed by atoms with Gasteiger partial charge in [-0.1, -0.05) is 36.4 Å². The van der Waals surface area contributed by atoms with Gasteiger partial charge in [0, 0.05) is 20.6 Å². The molecule has 88 valence electrons. The maximum Gasteiger partial charge on any atom is 0.130 e. The van der Waals surface area contributed by atoms with Gasteiger partial charge in [-0.15, -0.1) is 0 Å². The Labute approximate surface area is 102 Å². The van der Waals surface area contributed by atoms with Crippen molar-refractivity contribution in [1.29, 1.82) is 0 Å². The van der Waals surface area contributed by atoms with Crippen LogP contribution in [0.1, 0.15) is 5.56 Å². The molecule has 0 spiro atoms. The van der Waals surface area contributed by atoms with Gasteiger partial charge in [-0.3, -0.25) is 0 Å². The molecule has 1 aromatic heterocycles. The van der Waals surface area contributed by atoms with Gasteiger partial charge >= 0.3 is 0 Å². The molecule has 0 saturated carbocycles. The lowest BCUT2D eigenvalue weighted by Gasteiger charge is -2.18. The van der Waals surface area contributed by atoms with Gasteiger partial charge in [0.2, 0.25) is 0 Å². The highest BCUT2D eigenvalue weighted by atomic mass is 15.2. The smallest absolute Gasteiger partial charge is 0.130 e. The number of hydrogen-bond donors (Lipinski definition) is 1. The highest BCUT2D eigenvalue weighted by molar-refractivity contribution is 5.46. The predicted octanol–water partition coefficient (Wildman–Crippen LogP) is 2.76. The van der Waals surface area contributed by atoms with Gasteiger partial charge in [0.1, 0.15) is 11.6 Å². The summed E-state index contributed by atoms with van der Waals surface area (Å²) in [4.78, 5) is 6.64. The summed E-state index contributed by atoms with van der Waals surface area (Å²) >= 11 is 0. The normalized spacial score (nSPS) is 10.0. The van der Waals surface area contributed by atoms with Crippen molar-refractivity contribution in [1.82, 2.24) is 4.98 Å². The second-order valence-corrected chi connectivity index (χ2v) is 3.97. The molecule has 0 aliphatic heterocycles. The molecule has 17 heavy (non-hydrogen) atoms. The molecule has 0 fully saturated rings. The standard InChI is InChI=1S/C14H17N3/c1-15-13-9-6-10-14(16-13)17(2)11-12-7-4-3-5-8-12/h3-10H,11H2,1-2H3,(H,15,16). The van der Waals surface area contributed by atoms with Gasteiger partial charge in [-0.2, -0.15) is 0 Å². The molecule has 0 radical (unpaired) electrons. The number of hydrogen-bond acceptors (Lipinski definition) is 3. The van der Waals surface area contributed by atoms with Crippen LogP contribution in [0.15, 0.2) is 48.5 Å². The fourth-order valence-electron chi connectivity index (χ4n) is 1.71. The molecular formula is C14H17N3. The van der Waals surface area contributed by atoms with Crippen molar-refractivity contribution in [3.05, 3.63) is 54.1 Å². The first kappa shape index (κ1) is 11.5. The van der Waals surface area contributed by atoms with Crippen LogP contribution in [0.5, 0.6) is 0 Å². The Kier molecular flexibility index (Phi) is 3.60. The van der Waals surface area contributed by atoms with Crippen molar-refractivity contribution >= 4 is 11.6 Å². The summed E-state index contributed by atoms with van der Waals surface area (Å²) in [5.74, 6) is 1.86. The fourth-order valence-corrected chi connectivity index (χ4v) is 1.71. The number of nitrogens with one attached hydrogen (secondary N) is 1. The Morgan fingerprint density at radius 1 is 1.06 bits per heavy atom. The van der Waals surface area contributed by atoms with E-state index < -0.39 is 0 Å². The van der Waals surface area contributed by atoms with E-state index in [4.69, 9.17) is 0 Å². The van der Waals surface area contributed by atoms with Crippen LogP contribution in [0.2, 0.25) is 0 Å². The topological polar surface area (TPSA) is 28.2 Å². The molecule has 0 aliphatic carbocycles. The Bertz CT molecular complexity index is 468. The van der Waals surface area contributed by atoms with Crippen LogP contribution >= 0.6 is 0 Å². The molecule has 1 heterocycles. The highest BCUT2D eigenvalue weighted by Gasteiger charge is 2.03. The third-order valence-electron chi connectivity index (χ3n) is 2.64. The third-order valence-corrected chi connectivity index (χ3v) is 2.64. The zero-order chi connectivity index (χ0) is 12.1. The first-order chi connectivity index (χ1) is 8.29. The van der Waals surface area contributed by atoms with Crippen LogP contribution in [-0.4, -0.2) is 19.1 Å². The lowest BCUT2D eigenvalue weighted by Crippen LogP contribution is -2.17. The maximum absolute atomic E-state index is 4.50. The summed E-state index contributed by atoms with van der Waals surface area (Å²) in [6, 6.07) is 16.4. The van der Waals surface area contributed by atoms with Gasteiger partial charge in [-0.25, -0.2) is 4.98 Å². The second-order valence-electron chi connectivity index (χ2n) is 3.97. The van der Waals surface area contributed by atoms with Crippen LogP contribution in [0.25, 0.3) is 0 Å². The highest BCUT2D eigenvalue weighted by Crippen LogP contribution is 2.14. The molecule has 3 heteroatoms. The first-order valence-electron chi connectivity index (χ1n) is 5.69. The molecule has 0 amide bonds. The van der Waals surface area contributed by atoms with E-state index in [0.717, 1.165) is 18.2 Å². The lowest BCUT2D eigenvalue weighted by molar-refractivity contribution is 0.899. The summed E-state index contributed by atoms with van der Waals surface area (Å²) in [6.07, 6.45) is 0. The van der Waals surface area contributed by atoms with E-state index in [1.54, 1.807) is 0 Å². The molecule has 0 saturated heterocycles. The monoisotopic (exact) mass is 227 g/mol. The van der Waals surface area contributed by atoms with Gasteiger partial charge < -0.3 is 10.2 Å². The SMILES string of the molecule is CNc1cccc(N(C)Cc2ccccc2)n1. The molecular weight excluding hydrogens is 210 g/mol. The van der Waals surface area contributed by atoms with E-state index in [-0.39, 0.29) is 0 Å². The van der Waals surface area contributed by atoms with Crippen LogP contribution in [0, 0.1) is 0 Å². The van der Waals surface area contributed by atoms with E-state index in [1.165, 1.54) is 5.56 Å². The lowest BCUT2D eigenvalue weighted by atomic mass is 10.2. The van der Waals surface area contributed by atoms with Crippen molar-refractivity contribution in [3.63, 3.8) is 0 Å². The Morgan fingerprint density at radius 3 is 2.53 bits per heavy atom. The predicted molar refractivity (Wildman–Crippen MR) is 72.3 cm³/mol. The molecule has 0 unspecified atom stereocenters. The number of aromatic nitrogens is 1. The zero-order valence-electron chi connectivity index (χ0n) is 10.2. The summed E-state index contributed by atoms with van der Waals surface area (Å²) < 4.78 is 0. The van der Waals surface area contributed by atoms with Crippen molar-refractivity contribution in [2.45, 2.75) is 6.54 Å². The maximum atomic E-state index is 4.50. The molecule has 0 bridgehead atoms. The molecule has 1 N–H and O–H groups in total. The molecule has 0 atom stereocenters. The second kappa shape index (κ2) is 5.34. The van der Waals surface area contributed by atoms with Gasteiger partial charge in [0.25, 0.3) is 0 Å². The van der Waals surface area contributed by atoms with E-state index in [9.17, 15) is 0 Å². The fraction of sp³-hybridized carbons (Fsp3) is 0.214.